The van der Waals surface area contributed by atoms with Crippen molar-refractivity contribution in [3.05, 3.63) is 22.9 Å². The molecule has 1 aromatic heterocycles. The smallest absolute Gasteiger partial charge is 0.173 e. The summed E-state index contributed by atoms with van der Waals surface area (Å²) in [6, 6.07) is 2.01. The SMILES string of the molecule is CCN(C)c1nc2c(cc1C(N)=NO)CCC2. The first kappa shape index (κ1) is 11.7. The van der Waals surface area contributed by atoms with Crippen LogP contribution in [0.25, 0.3) is 0 Å². The first-order chi connectivity index (χ1) is 8.17. The lowest BCUT2D eigenvalue weighted by Crippen LogP contribution is -2.24. The zero-order valence-corrected chi connectivity index (χ0v) is 10.3. The minimum absolute atomic E-state index is 0.127. The summed E-state index contributed by atoms with van der Waals surface area (Å²) in [5, 5.41) is 11.9. The van der Waals surface area contributed by atoms with Crippen LogP contribution in [0.3, 0.4) is 0 Å². The molecular formula is C12H18N4O. The van der Waals surface area contributed by atoms with Crippen LogP contribution >= 0.6 is 0 Å². The number of oxime groups is 1. The maximum Gasteiger partial charge on any atom is 0.173 e. The van der Waals surface area contributed by atoms with E-state index in [2.05, 4.69) is 10.1 Å². The van der Waals surface area contributed by atoms with Crippen molar-refractivity contribution in [1.82, 2.24) is 4.98 Å². The summed E-state index contributed by atoms with van der Waals surface area (Å²) in [7, 11) is 1.96. The number of aromatic nitrogens is 1. The minimum atomic E-state index is 0.127. The van der Waals surface area contributed by atoms with Gasteiger partial charge in [0.15, 0.2) is 5.84 Å². The molecule has 0 spiro atoms. The highest BCUT2D eigenvalue weighted by molar-refractivity contribution is 6.01. The summed E-state index contributed by atoms with van der Waals surface area (Å²) in [6.07, 6.45) is 3.19. The first-order valence-corrected chi connectivity index (χ1v) is 5.89. The number of fused-ring (bicyclic) bond motifs is 1. The van der Waals surface area contributed by atoms with Crippen LogP contribution in [0.15, 0.2) is 11.2 Å². The Morgan fingerprint density at radius 1 is 1.59 bits per heavy atom. The molecule has 1 aliphatic carbocycles. The Labute approximate surface area is 101 Å². The van der Waals surface area contributed by atoms with Crippen LogP contribution in [-0.4, -0.2) is 29.6 Å². The van der Waals surface area contributed by atoms with Gasteiger partial charge in [-0.1, -0.05) is 5.16 Å². The summed E-state index contributed by atoms with van der Waals surface area (Å²) in [5.41, 5.74) is 8.80. The van der Waals surface area contributed by atoms with Crippen LogP contribution in [0.2, 0.25) is 0 Å². The van der Waals surface area contributed by atoms with Crippen LogP contribution in [0, 0.1) is 0 Å². The molecule has 0 amide bonds. The monoisotopic (exact) mass is 234 g/mol. The third-order valence-corrected chi connectivity index (χ3v) is 3.25. The molecule has 1 aliphatic rings. The molecule has 3 N–H and O–H groups in total. The molecule has 0 aliphatic heterocycles. The lowest BCUT2D eigenvalue weighted by Gasteiger charge is -2.20. The second kappa shape index (κ2) is 4.61. The van der Waals surface area contributed by atoms with E-state index in [9.17, 15) is 0 Å². The molecule has 0 radical (unpaired) electrons. The van der Waals surface area contributed by atoms with E-state index in [0.29, 0.717) is 0 Å². The number of nitrogens with two attached hydrogens (primary N) is 1. The Balaban J connectivity index is 2.55. The van der Waals surface area contributed by atoms with Crippen LogP contribution < -0.4 is 10.6 Å². The van der Waals surface area contributed by atoms with Crippen molar-refractivity contribution in [2.45, 2.75) is 26.2 Å². The van der Waals surface area contributed by atoms with Crippen molar-refractivity contribution in [1.29, 1.82) is 0 Å². The number of aryl methyl sites for hydroxylation is 2. The van der Waals surface area contributed by atoms with Gasteiger partial charge in [-0.05, 0) is 37.8 Å². The van der Waals surface area contributed by atoms with E-state index in [1.54, 1.807) is 0 Å². The van der Waals surface area contributed by atoms with Gasteiger partial charge >= 0.3 is 0 Å². The Kier molecular flexibility index (Phi) is 3.17. The van der Waals surface area contributed by atoms with Crippen molar-refractivity contribution < 1.29 is 5.21 Å². The van der Waals surface area contributed by atoms with Crippen molar-refractivity contribution in [2.75, 3.05) is 18.5 Å². The van der Waals surface area contributed by atoms with Gasteiger partial charge in [-0.15, -0.1) is 0 Å². The van der Waals surface area contributed by atoms with Crippen molar-refractivity contribution in [3.63, 3.8) is 0 Å². The Hall–Kier alpha value is -1.78. The van der Waals surface area contributed by atoms with E-state index >= 15 is 0 Å². The third-order valence-electron chi connectivity index (χ3n) is 3.25. The molecule has 1 aromatic rings. The number of anilines is 1. The van der Waals surface area contributed by atoms with Gasteiger partial charge in [-0.2, -0.15) is 0 Å². The van der Waals surface area contributed by atoms with Crippen molar-refractivity contribution in [2.24, 2.45) is 10.9 Å². The van der Waals surface area contributed by atoms with Gasteiger partial charge in [0.2, 0.25) is 0 Å². The number of hydrogen-bond donors (Lipinski definition) is 2. The molecule has 0 bridgehead atoms. The minimum Gasteiger partial charge on any atom is -0.409 e. The lowest BCUT2D eigenvalue weighted by atomic mass is 10.1. The summed E-state index contributed by atoms with van der Waals surface area (Å²) < 4.78 is 0. The van der Waals surface area contributed by atoms with Crippen LogP contribution in [0.5, 0.6) is 0 Å². The summed E-state index contributed by atoms with van der Waals surface area (Å²) in [4.78, 5) is 6.65. The maximum absolute atomic E-state index is 8.83. The van der Waals surface area contributed by atoms with E-state index in [4.69, 9.17) is 10.9 Å². The molecular weight excluding hydrogens is 216 g/mol. The Morgan fingerprint density at radius 2 is 2.35 bits per heavy atom. The van der Waals surface area contributed by atoms with Gasteiger partial charge in [0.05, 0.1) is 5.56 Å². The highest BCUT2D eigenvalue weighted by atomic mass is 16.4. The molecule has 17 heavy (non-hydrogen) atoms. The topological polar surface area (TPSA) is 74.7 Å². The van der Waals surface area contributed by atoms with E-state index in [-0.39, 0.29) is 5.84 Å². The summed E-state index contributed by atoms with van der Waals surface area (Å²) >= 11 is 0. The second-order valence-electron chi connectivity index (χ2n) is 4.32. The number of pyridine rings is 1. The standard InChI is InChI=1S/C12H18N4O/c1-3-16(2)12-9(11(13)15-17)7-8-5-4-6-10(8)14-12/h7,17H,3-6H2,1-2H3,(H2,13,15). The van der Waals surface area contributed by atoms with Crippen molar-refractivity contribution >= 4 is 11.7 Å². The third kappa shape index (κ3) is 2.05. The molecule has 92 valence electrons. The zero-order valence-electron chi connectivity index (χ0n) is 10.3. The van der Waals surface area contributed by atoms with Crippen LogP contribution in [0.1, 0.15) is 30.2 Å². The van der Waals surface area contributed by atoms with Crippen molar-refractivity contribution in [3.8, 4) is 0 Å². The van der Waals surface area contributed by atoms with Gasteiger partial charge < -0.3 is 15.8 Å². The average molecular weight is 234 g/mol. The fourth-order valence-corrected chi connectivity index (χ4v) is 2.14. The summed E-state index contributed by atoms with van der Waals surface area (Å²) in [5.74, 6) is 0.922. The highest BCUT2D eigenvalue weighted by Crippen LogP contribution is 2.26. The molecule has 2 rings (SSSR count). The maximum atomic E-state index is 8.83. The largest absolute Gasteiger partial charge is 0.409 e. The molecule has 0 atom stereocenters. The molecule has 1 heterocycles. The average Bonchev–Trinajstić information content (AvgIpc) is 2.82. The fourth-order valence-electron chi connectivity index (χ4n) is 2.14. The zero-order chi connectivity index (χ0) is 12.4. The molecule has 0 saturated heterocycles. The van der Waals surface area contributed by atoms with Gasteiger partial charge in [0, 0.05) is 19.3 Å². The van der Waals surface area contributed by atoms with Crippen LogP contribution in [0.4, 0.5) is 5.82 Å². The predicted molar refractivity (Wildman–Crippen MR) is 67.7 cm³/mol. The Morgan fingerprint density at radius 3 is 3.00 bits per heavy atom. The van der Waals surface area contributed by atoms with E-state index < -0.39 is 0 Å². The van der Waals surface area contributed by atoms with Gasteiger partial charge in [-0.3, -0.25) is 0 Å². The predicted octanol–water partition coefficient (Wildman–Crippen LogP) is 1.12. The molecule has 0 fully saturated rings. The Bertz CT molecular complexity index is 456. The number of amidine groups is 1. The number of nitrogens with zero attached hydrogens (tertiary/aromatic N) is 3. The fraction of sp³-hybridized carbons (Fsp3) is 0.500. The second-order valence-corrected chi connectivity index (χ2v) is 4.32. The summed E-state index contributed by atoms with van der Waals surface area (Å²) in [6.45, 7) is 2.88. The van der Waals surface area contributed by atoms with E-state index in [1.165, 1.54) is 5.56 Å². The molecule has 5 nitrogen and oxygen atoms in total. The molecule has 0 aromatic carbocycles. The molecule has 0 unspecified atom stereocenters. The lowest BCUT2D eigenvalue weighted by molar-refractivity contribution is 0.318. The normalized spacial score (nSPS) is 14.8. The number of hydrogen-bond acceptors (Lipinski definition) is 4. The van der Waals surface area contributed by atoms with E-state index in [0.717, 1.165) is 42.9 Å². The molecule has 0 saturated carbocycles. The van der Waals surface area contributed by atoms with Gasteiger partial charge in [0.25, 0.3) is 0 Å². The van der Waals surface area contributed by atoms with Crippen LogP contribution in [-0.2, 0) is 12.8 Å². The quantitative estimate of drug-likeness (QED) is 0.356. The van der Waals surface area contributed by atoms with Gasteiger partial charge in [-0.25, -0.2) is 4.98 Å². The highest BCUT2D eigenvalue weighted by Gasteiger charge is 2.19. The van der Waals surface area contributed by atoms with E-state index in [1.807, 2.05) is 24.9 Å². The molecule has 5 heteroatoms. The first-order valence-electron chi connectivity index (χ1n) is 5.89. The number of rotatable bonds is 3. The van der Waals surface area contributed by atoms with Gasteiger partial charge in [0.1, 0.15) is 5.82 Å².